The predicted molar refractivity (Wildman–Crippen MR) is 152 cm³/mol. The molecule has 0 radical (unpaired) electrons. The number of ether oxygens (including phenoxy) is 1. The molecule has 0 saturated carbocycles. The predicted octanol–water partition coefficient (Wildman–Crippen LogP) is 0.119. The van der Waals surface area contributed by atoms with Crippen molar-refractivity contribution in [2.75, 3.05) is 19.7 Å². The van der Waals surface area contributed by atoms with Crippen LogP contribution in [0.25, 0.3) is 0 Å². The van der Waals surface area contributed by atoms with E-state index < -0.39 is 35.8 Å². The molecule has 0 bridgehead atoms. The number of halogens is 1. The zero-order chi connectivity index (χ0) is 29.8. The number of nitrogens with one attached hydrogen (secondary N) is 7. The maximum absolute atomic E-state index is 13.5. The number of hydrogen-bond acceptors (Lipinski definition) is 6. The normalized spacial score (nSPS) is 28.7. The number of nitrogens with zero attached hydrogens (tertiary/aromatic N) is 1. The van der Waals surface area contributed by atoms with Gasteiger partial charge in [-0.15, -0.1) is 0 Å². The fourth-order valence-corrected chi connectivity index (χ4v) is 6.57. The van der Waals surface area contributed by atoms with Crippen LogP contribution in [0.1, 0.15) is 41.8 Å². The van der Waals surface area contributed by atoms with Gasteiger partial charge in [0.1, 0.15) is 17.7 Å². The molecule has 4 heterocycles. The molecule has 2 amide bonds. The average molecular weight is 579 g/mol. The van der Waals surface area contributed by atoms with Gasteiger partial charge in [-0.2, -0.15) is 0 Å². The van der Waals surface area contributed by atoms with Gasteiger partial charge in [0.2, 0.25) is 5.91 Å². The van der Waals surface area contributed by atoms with Crippen molar-refractivity contribution in [1.82, 2.24) is 31.5 Å². The van der Waals surface area contributed by atoms with Crippen molar-refractivity contribution in [2.45, 2.75) is 62.0 Å². The van der Waals surface area contributed by atoms with Gasteiger partial charge in [-0.05, 0) is 35.6 Å². The van der Waals surface area contributed by atoms with Gasteiger partial charge in [0.15, 0.2) is 17.6 Å². The average Bonchev–Trinajstić information content (AvgIpc) is 3.44. The number of guanidine groups is 2. The number of aliphatic hydroxyl groups is 1. The van der Waals surface area contributed by atoms with Crippen LogP contribution in [-0.2, 0) is 16.6 Å². The second-order valence-corrected chi connectivity index (χ2v) is 12.0. The molecule has 222 valence electrons. The highest BCUT2D eigenvalue weighted by molar-refractivity contribution is 5.98. The topological polar surface area (TPSA) is 175 Å². The first-order valence-electron chi connectivity index (χ1n) is 14.0. The Morgan fingerprint density at radius 2 is 1.93 bits per heavy atom. The van der Waals surface area contributed by atoms with Crippen LogP contribution < -0.4 is 31.3 Å². The van der Waals surface area contributed by atoms with E-state index in [-0.39, 0.29) is 48.6 Å². The van der Waals surface area contributed by atoms with E-state index in [0.717, 1.165) is 12.0 Å². The Hall–Kier alpha value is -4.39. The first-order chi connectivity index (χ1) is 20.0. The summed E-state index contributed by atoms with van der Waals surface area (Å²) in [6, 6.07) is 9.19. The molecule has 8 N–H and O–H groups in total. The van der Waals surface area contributed by atoms with Crippen LogP contribution in [-0.4, -0.2) is 83.3 Å². The summed E-state index contributed by atoms with van der Waals surface area (Å²) in [5, 5.41) is 43.7. The van der Waals surface area contributed by atoms with Gasteiger partial charge >= 0.3 is 0 Å². The summed E-state index contributed by atoms with van der Waals surface area (Å²) in [4.78, 5) is 27.8. The minimum atomic E-state index is -1.31. The molecule has 3 saturated heterocycles. The van der Waals surface area contributed by atoms with Gasteiger partial charge in [-0.25, -0.2) is 4.39 Å². The Morgan fingerprint density at radius 3 is 2.69 bits per heavy atom. The second kappa shape index (κ2) is 10.2. The van der Waals surface area contributed by atoms with Crippen LogP contribution in [0.3, 0.4) is 0 Å². The lowest BCUT2D eigenvalue weighted by Crippen LogP contribution is -2.78. The van der Waals surface area contributed by atoms with E-state index in [1.807, 2.05) is 12.1 Å². The summed E-state index contributed by atoms with van der Waals surface area (Å²) < 4.78 is 19.1. The minimum Gasteiger partial charge on any atom is -0.492 e. The van der Waals surface area contributed by atoms with Gasteiger partial charge < -0.3 is 41.3 Å². The molecule has 3 fully saturated rings. The molecular weight excluding hydrogens is 543 g/mol. The lowest BCUT2D eigenvalue weighted by molar-refractivity contribution is -0.120. The zero-order valence-corrected chi connectivity index (χ0v) is 23.4. The molecule has 42 heavy (non-hydrogen) atoms. The summed E-state index contributed by atoms with van der Waals surface area (Å²) in [7, 11) is 0. The first kappa shape index (κ1) is 27.8. The largest absolute Gasteiger partial charge is 0.492 e. The van der Waals surface area contributed by atoms with E-state index in [2.05, 4.69) is 40.4 Å². The SMILES string of the molecule is CC1(C)CCOc2c(C(=O)NC3CN4C(=N)N[C@@H](CNC(=O)Cc5ccc(F)cc5)C5NC(=N)NC54[C@@H]3O)cccc21. The van der Waals surface area contributed by atoms with Gasteiger partial charge in [-0.3, -0.25) is 20.4 Å². The van der Waals surface area contributed by atoms with Crippen molar-refractivity contribution in [3.63, 3.8) is 0 Å². The highest BCUT2D eigenvalue weighted by atomic mass is 19.1. The molecule has 0 aromatic heterocycles. The maximum Gasteiger partial charge on any atom is 0.255 e. The van der Waals surface area contributed by atoms with Crippen LogP contribution in [0.2, 0.25) is 0 Å². The summed E-state index contributed by atoms with van der Waals surface area (Å²) in [5.74, 6) is -0.575. The molecule has 2 aromatic rings. The molecule has 2 aromatic carbocycles. The number of para-hydroxylation sites is 1. The second-order valence-electron chi connectivity index (χ2n) is 12.0. The van der Waals surface area contributed by atoms with Crippen LogP contribution in [0.5, 0.6) is 5.75 Å². The van der Waals surface area contributed by atoms with Gasteiger partial charge in [0, 0.05) is 18.7 Å². The number of fused-ring (bicyclic) bond motifs is 1. The molecule has 13 heteroatoms. The summed E-state index contributed by atoms with van der Waals surface area (Å²) in [6.45, 7) is 4.93. The number of rotatable bonds is 6. The van der Waals surface area contributed by atoms with Gasteiger partial charge in [-0.1, -0.05) is 38.1 Å². The van der Waals surface area contributed by atoms with E-state index in [1.165, 1.54) is 12.1 Å². The smallest absolute Gasteiger partial charge is 0.255 e. The first-order valence-corrected chi connectivity index (χ1v) is 14.0. The number of benzene rings is 2. The highest BCUT2D eigenvalue weighted by Gasteiger charge is 2.66. The molecule has 6 rings (SSSR count). The van der Waals surface area contributed by atoms with Crippen molar-refractivity contribution >= 4 is 23.7 Å². The van der Waals surface area contributed by atoms with Crippen LogP contribution >= 0.6 is 0 Å². The van der Waals surface area contributed by atoms with E-state index in [0.29, 0.717) is 23.5 Å². The van der Waals surface area contributed by atoms with E-state index in [9.17, 15) is 19.1 Å². The number of carbonyl (C=O) groups excluding carboxylic acids is 2. The molecule has 1 spiro atoms. The third-order valence-corrected chi connectivity index (χ3v) is 8.83. The Bertz CT molecular complexity index is 1450. The van der Waals surface area contributed by atoms with Crippen molar-refractivity contribution in [3.8, 4) is 5.75 Å². The molecule has 3 unspecified atom stereocenters. The van der Waals surface area contributed by atoms with Crippen LogP contribution in [0.15, 0.2) is 42.5 Å². The number of hydrogen-bond donors (Lipinski definition) is 8. The molecule has 5 atom stereocenters. The number of amides is 2. The quantitative estimate of drug-likeness (QED) is 0.239. The molecule has 12 nitrogen and oxygen atoms in total. The number of aliphatic hydroxyl groups excluding tert-OH is 1. The molecule has 4 aliphatic rings. The Labute approximate surface area is 242 Å². The lowest BCUT2D eigenvalue weighted by Gasteiger charge is -2.49. The molecule has 0 aliphatic carbocycles. The lowest BCUT2D eigenvalue weighted by atomic mass is 9.79. The van der Waals surface area contributed by atoms with Gasteiger partial charge in [0.05, 0.1) is 36.7 Å². The summed E-state index contributed by atoms with van der Waals surface area (Å²) in [6.07, 6.45) is -0.327. The third-order valence-electron chi connectivity index (χ3n) is 8.83. The fourth-order valence-electron chi connectivity index (χ4n) is 6.57. The van der Waals surface area contributed by atoms with Crippen molar-refractivity contribution in [1.29, 1.82) is 10.8 Å². The third kappa shape index (κ3) is 4.57. The number of carbonyl (C=O) groups is 2. The monoisotopic (exact) mass is 578 g/mol. The molecular formula is C29H35FN8O4. The maximum atomic E-state index is 13.5. The van der Waals surface area contributed by atoms with E-state index in [1.54, 1.807) is 23.1 Å². The van der Waals surface area contributed by atoms with Crippen LogP contribution in [0.4, 0.5) is 4.39 Å². The van der Waals surface area contributed by atoms with Crippen molar-refractivity contribution < 1.29 is 23.8 Å². The van der Waals surface area contributed by atoms with Gasteiger partial charge in [0.25, 0.3) is 5.91 Å². The van der Waals surface area contributed by atoms with Crippen LogP contribution in [0, 0.1) is 16.6 Å². The minimum absolute atomic E-state index is 0.00833. The van der Waals surface area contributed by atoms with Crippen molar-refractivity contribution in [3.05, 3.63) is 65.0 Å². The summed E-state index contributed by atoms with van der Waals surface area (Å²) in [5.41, 5.74) is 0.537. The van der Waals surface area contributed by atoms with E-state index in [4.69, 9.17) is 15.6 Å². The van der Waals surface area contributed by atoms with Crippen molar-refractivity contribution in [2.24, 2.45) is 0 Å². The Balaban J connectivity index is 1.18. The zero-order valence-electron chi connectivity index (χ0n) is 23.4. The molecule has 4 aliphatic heterocycles. The summed E-state index contributed by atoms with van der Waals surface area (Å²) >= 11 is 0. The Morgan fingerprint density at radius 1 is 1.17 bits per heavy atom. The fraction of sp³-hybridized carbons (Fsp3) is 0.448. The highest BCUT2D eigenvalue weighted by Crippen LogP contribution is 2.41. The standard InChI is InChI=1S/C29H35FN8O4/c1-28(2)10-11-42-22-17(4-3-5-18(22)28)25(41)34-20-14-38-27(32)35-19(23-29(38,24(20)40)37-26(31)36-23)13-33-21(39)12-15-6-8-16(30)9-7-15/h3-9,19-20,23-24,40H,10-14H2,1-2H3,(H2,32,35)(H,33,39)(H,34,41)(H3,31,36,37)/t19-,20?,23?,24+,29?/m0/s1. The Kier molecular flexibility index (Phi) is 6.71. The van der Waals surface area contributed by atoms with E-state index >= 15 is 0 Å².